The summed E-state index contributed by atoms with van der Waals surface area (Å²) in [7, 11) is 0. The summed E-state index contributed by atoms with van der Waals surface area (Å²) >= 11 is 5.71. The van der Waals surface area contributed by atoms with Crippen molar-refractivity contribution in [2.45, 2.75) is 11.0 Å². The Morgan fingerprint density at radius 2 is 2.00 bits per heavy atom. The molecule has 0 saturated carbocycles. The molecule has 6 heteroatoms. The first-order valence-corrected chi connectivity index (χ1v) is 5.69. The van der Waals surface area contributed by atoms with Gasteiger partial charge in [-0.25, -0.2) is 0 Å². The Balaban J connectivity index is 2.51. The molecule has 1 unspecified atom stereocenters. The molecule has 0 saturated heterocycles. The molecule has 0 aliphatic heterocycles. The van der Waals surface area contributed by atoms with Gasteiger partial charge < -0.3 is 4.74 Å². The second-order valence-electron chi connectivity index (χ2n) is 2.78. The van der Waals surface area contributed by atoms with Crippen LogP contribution in [0.4, 0.5) is 13.2 Å². The number of ether oxygens (including phenoxy) is 1. The molecule has 0 radical (unpaired) electrons. The van der Waals surface area contributed by atoms with E-state index < -0.39 is 17.6 Å². The van der Waals surface area contributed by atoms with Crippen LogP contribution >= 0.6 is 31.9 Å². The molecule has 0 heterocycles. The van der Waals surface area contributed by atoms with Gasteiger partial charge in [0, 0.05) is 4.47 Å². The molecule has 0 aliphatic carbocycles. The number of halogens is 5. The molecule has 0 spiro atoms. The van der Waals surface area contributed by atoms with Crippen molar-refractivity contribution in [3.63, 3.8) is 0 Å². The number of benzene rings is 1. The van der Waals surface area contributed by atoms with E-state index in [1.165, 1.54) is 0 Å². The second kappa shape index (κ2) is 5.21. The molecule has 84 valence electrons. The minimum Gasteiger partial charge on any atom is -0.492 e. The van der Waals surface area contributed by atoms with Crippen LogP contribution in [-0.2, 0) is 0 Å². The number of hydrogen-bond acceptors (Lipinski definition) is 1. The van der Waals surface area contributed by atoms with E-state index in [-0.39, 0.29) is 0 Å². The van der Waals surface area contributed by atoms with Crippen molar-refractivity contribution < 1.29 is 17.9 Å². The fraction of sp³-hybridized carbons (Fsp3) is 0.333. The summed E-state index contributed by atoms with van der Waals surface area (Å²) in [4.78, 5) is -1.65. The third-order valence-electron chi connectivity index (χ3n) is 1.55. The Hall–Kier alpha value is -0.230. The van der Waals surface area contributed by atoms with Crippen LogP contribution in [0.3, 0.4) is 0 Å². The maximum Gasteiger partial charge on any atom is 0.404 e. The van der Waals surface area contributed by atoms with Crippen LogP contribution in [0.25, 0.3) is 0 Å². The lowest BCUT2D eigenvalue weighted by atomic mass is 10.3. The van der Waals surface area contributed by atoms with Crippen LogP contribution in [0.15, 0.2) is 28.7 Å². The molecule has 0 N–H and O–H groups in total. The lowest BCUT2D eigenvalue weighted by Gasteiger charge is -2.14. The van der Waals surface area contributed by atoms with E-state index in [0.717, 1.165) is 4.47 Å². The van der Waals surface area contributed by atoms with Crippen LogP contribution in [-0.4, -0.2) is 17.6 Å². The van der Waals surface area contributed by atoms with Crippen molar-refractivity contribution in [2.24, 2.45) is 0 Å². The van der Waals surface area contributed by atoms with E-state index in [0.29, 0.717) is 5.75 Å². The molecule has 15 heavy (non-hydrogen) atoms. The molecule has 0 aliphatic rings. The number of rotatable bonds is 3. The van der Waals surface area contributed by atoms with Gasteiger partial charge in [0.1, 0.15) is 17.2 Å². The molecule has 0 fully saturated rings. The van der Waals surface area contributed by atoms with E-state index in [9.17, 15) is 13.2 Å². The van der Waals surface area contributed by atoms with E-state index in [4.69, 9.17) is 4.74 Å². The van der Waals surface area contributed by atoms with Crippen LogP contribution in [0.1, 0.15) is 0 Å². The molecular formula is C9H7Br2F3O. The van der Waals surface area contributed by atoms with Crippen molar-refractivity contribution in [2.75, 3.05) is 6.61 Å². The van der Waals surface area contributed by atoms with E-state index in [1.54, 1.807) is 24.3 Å². The van der Waals surface area contributed by atoms with Gasteiger partial charge in [-0.1, -0.05) is 37.9 Å². The first-order valence-electron chi connectivity index (χ1n) is 3.99. The third-order valence-corrected chi connectivity index (χ3v) is 2.82. The fourth-order valence-corrected chi connectivity index (χ4v) is 1.33. The molecule has 1 aromatic carbocycles. The van der Waals surface area contributed by atoms with Gasteiger partial charge in [-0.2, -0.15) is 13.2 Å². The van der Waals surface area contributed by atoms with Gasteiger partial charge >= 0.3 is 6.18 Å². The fourth-order valence-electron chi connectivity index (χ4n) is 0.821. The average Bonchev–Trinajstić information content (AvgIpc) is 2.12. The molecular weight excluding hydrogens is 341 g/mol. The van der Waals surface area contributed by atoms with Gasteiger partial charge in [0.05, 0.1) is 0 Å². The minimum atomic E-state index is -4.29. The zero-order valence-electron chi connectivity index (χ0n) is 7.39. The van der Waals surface area contributed by atoms with E-state index >= 15 is 0 Å². The number of hydrogen-bond donors (Lipinski definition) is 0. The highest BCUT2D eigenvalue weighted by Gasteiger charge is 2.38. The normalized spacial score (nSPS) is 13.7. The predicted molar refractivity (Wildman–Crippen MR) is 58.4 cm³/mol. The predicted octanol–water partition coefficient (Wildman–Crippen LogP) is 4.15. The van der Waals surface area contributed by atoms with Crippen molar-refractivity contribution >= 4 is 31.9 Å². The highest BCUT2D eigenvalue weighted by atomic mass is 79.9. The van der Waals surface area contributed by atoms with Crippen LogP contribution in [0.2, 0.25) is 0 Å². The standard InChI is InChI=1S/C9H7Br2F3O/c10-6-2-1-3-7(4-6)15-5-8(11)9(12,13)14/h1-4,8H,5H2. The minimum absolute atomic E-state index is 0.401. The van der Waals surface area contributed by atoms with Crippen LogP contribution in [0.5, 0.6) is 5.75 Å². The molecule has 0 aromatic heterocycles. The van der Waals surface area contributed by atoms with E-state index in [2.05, 4.69) is 31.9 Å². The highest BCUT2D eigenvalue weighted by Crippen LogP contribution is 2.27. The molecule has 0 bridgehead atoms. The lowest BCUT2D eigenvalue weighted by molar-refractivity contribution is -0.132. The number of alkyl halides is 4. The first kappa shape index (κ1) is 12.8. The smallest absolute Gasteiger partial charge is 0.404 e. The summed E-state index contributed by atoms with van der Waals surface area (Å²) < 4.78 is 42.0. The van der Waals surface area contributed by atoms with Gasteiger partial charge in [-0.05, 0) is 18.2 Å². The van der Waals surface area contributed by atoms with Crippen LogP contribution < -0.4 is 4.74 Å². The average molecular weight is 348 g/mol. The largest absolute Gasteiger partial charge is 0.492 e. The van der Waals surface area contributed by atoms with Gasteiger partial charge in [0.15, 0.2) is 0 Å². The maximum atomic E-state index is 12.1. The molecule has 1 atom stereocenters. The topological polar surface area (TPSA) is 9.23 Å². The van der Waals surface area contributed by atoms with Crippen molar-refractivity contribution in [1.82, 2.24) is 0 Å². The zero-order chi connectivity index (χ0) is 11.5. The van der Waals surface area contributed by atoms with Crippen molar-refractivity contribution in [3.8, 4) is 5.75 Å². The Bertz CT molecular complexity index is 327. The molecule has 1 rings (SSSR count). The van der Waals surface area contributed by atoms with Crippen LogP contribution in [0, 0.1) is 0 Å². The Morgan fingerprint density at radius 1 is 1.33 bits per heavy atom. The summed E-state index contributed by atoms with van der Waals surface area (Å²) in [5, 5.41) is 0. The zero-order valence-corrected chi connectivity index (χ0v) is 10.6. The summed E-state index contributed by atoms with van der Waals surface area (Å²) in [6.07, 6.45) is -4.29. The Kier molecular flexibility index (Phi) is 4.45. The Labute approximate surface area is 102 Å². The second-order valence-corrected chi connectivity index (χ2v) is 4.80. The maximum absolute atomic E-state index is 12.1. The van der Waals surface area contributed by atoms with Gasteiger partial charge in [0.2, 0.25) is 0 Å². The summed E-state index contributed by atoms with van der Waals surface area (Å²) in [6.45, 7) is -0.444. The van der Waals surface area contributed by atoms with Gasteiger partial charge in [-0.3, -0.25) is 0 Å². The summed E-state index contributed by atoms with van der Waals surface area (Å²) in [6, 6.07) is 6.66. The van der Waals surface area contributed by atoms with Gasteiger partial charge in [-0.15, -0.1) is 0 Å². The Morgan fingerprint density at radius 3 is 2.53 bits per heavy atom. The quantitative estimate of drug-likeness (QED) is 0.746. The molecule has 0 amide bonds. The van der Waals surface area contributed by atoms with Gasteiger partial charge in [0.25, 0.3) is 0 Å². The SMILES string of the molecule is FC(F)(F)C(Br)COc1cccc(Br)c1. The van der Waals surface area contributed by atoms with E-state index in [1.807, 2.05) is 0 Å². The first-order chi connectivity index (χ1) is 6.89. The van der Waals surface area contributed by atoms with Crippen molar-refractivity contribution in [1.29, 1.82) is 0 Å². The molecule has 1 aromatic rings. The third kappa shape index (κ3) is 4.42. The molecule has 1 nitrogen and oxygen atoms in total. The summed E-state index contributed by atoms with van der Waals surface area (Å²) in [5.41, 5.74) is 0. The lowest BCUT2D eigenvalue weighted by Crippen LogP contribution is -2.28. The van der Waals surface area contributed by atoms with Crippen molar-refractivity contribution in [3.05, 3.63) is 28.7 Å². The monoisotopic (exact) mass is 346 g/mol. The summed E-state index contributed by atoms with van der Waals surface area (Å²) in [5.74, 6) is 0.401. The highest BCUT2D eigenvalue weighted by molar-refractivity contribution is 9.10.